The zero-order chi connectivity index (χ0) is 22.9. The predicted octanol–water partition coefficient (Wildman–Crippen LogP) is 6.88. The monoisotopic (exact) mass is 501 g/mol. The number of nitrogens with zero attached hydrogens (tertiary/aromatic N) is 3. The molecule has 33 heavy (non-hydrogen) atoms. The highest BCUT2D eigenvalue weighted by Gasteiger charge is 2.35. The molecule has 1 aliphatic rings. The van der Waals surface area contributed by atoms with E-state index in [0.29, 0.717) is 18.9 Å². The largest absolute Gasteiger partial charge is 0.323 e. The number of anilines is 1. The number of carbonyl (C=O) groups excluding carboxylic acids is 1. The van der Waals surface area contributed by atoms with Gasteiger partial charge in [0.2, 0.25) is 5.91 Å². The summed E-state index contributed by atoms with van der Waals surface area (Å²) in [6.07, 6.45) is 1.61. The topological polar surface area (TPSA) is 38.1 Å². The van der Waals surface area contributed by atoms with Crippen LogP contribution in [-0.4, -0.2) is 22.0 Å². The summed E-state index contributed by atoms with van der Waals surface area (Å²) >= 11 is 3.60. The molecule has 0 bridgehead atoms. The first-order valence-corrected chi connectivity index (χ1v) is 12.4. The van der Waals surface area contributed by atoms with Crippen molar-refractivity contribution in [2.75, 3.05) is 11.4 Å². The summed E-state index contributed by atoms with van der Waals surface area (Å²) in [5.74, 6) is 1.75. The van der Waals surface area contributed by atoms with E-state index in [-0.39, 0.29) is 11.8 Å². The van der Waals surface area contributed by atoms with Crippen molar-refractivity contribution in [2.24, 2.45) is 0 Å². The van der Waals surface area contributed by atoms with E-state index in [9.17, 15) is 4.79 Å². The SMILES string of the molecule is CCC(C)c1ccc(Cn2c(C3CC(=O)N(c4ccccc4Br)C3)nc3ccccc32)cc1. The lowest BCUT2D eigenvalue weighted by Gasteiger charge is -2.19. The zero-order valence-corrected chi connectivity index (χ0v) is 20.6. The third-order valence-electron chi connectivity index (χ3n) is 6.82. The fraction of sp³-hybridized carbons (Fsp3) is 0.286. The molecule has 2 heterocycles. The fourth-order valence-corrected chi connectivity index (χ4v) is 5.22. The van der Waals surface area contributed by atoms with Crippen LogP contribution in [0.25, 0.3) is 11.0 Å². The molecule has 4 aromatic rings. The number of rotatable bonds is 6. The molecule has 1 amide bonds. The van der Waals surface area contributed by atoms with E-state index in [1.54, 1.807) is 0 Å². The van der Waals surface area contributed by atoms with E-state index < -0.39 is 0 Å². The number of hydrogen-bond donors (Lipinski definition) is 0. The van der Waals surface area contributed by atoms with Crippen molar-refractivity contribution >= 4 is 38.6 Å². The molecule has 2 unspecified atom stereocenters. The van der Waals surface area contributed by atoms with Crippen LogP contribution >= 0.6 is 15.9 Å². The number of aromatic nitrogens is 2. The number of benzene rings is 3. The molecular weight excluding hydrogens is 474 g/mol. The zero-order valence-electron chi connectivity index (χ0n) is 19.0. The van der Waals surface area contributed by atoms with E-state index in [4.69, 9.17) is 4.98 Å². The molecule has 1 aliphatic heterocycles. The van der Waals surface area contributed by atoms with Gasteiger partial charge in [0.1, 0.15) is 5.82 Å². The van der Waals surface area contributed by atoms with E-state index in [0.717, 1.165) is 40.0 Å². The van der Waals surface area contributed by atoms with Crippen molar-refractivity contribution in [1.82, 2.24) is 9.55 Å². The van der Waals surface area contributed by atoms with Crippen LogP contribution in [0.1, 0.15) is 55.5 Å². The number of imidazole rings is 1. The van der Waals surface area contributed by atoms with Crippen LogP contribution in [0.15, 0.2) is 77.3 Å². The fourth-order valence-electron chi connectivity index (χ4n) is 4.73. The summed E-state index contributed by atoms with van der Waals surface area (Å²) in [5.41, 5.74) is 5.65. The van der Waals surface area contributed by atoms with Crippen LogP contribution in [0.3, 0.4) is 0 Å². The van der Waals surface area contributed by atoms with Crippen molar-refractivity contribution in [3.05, 3.63) is 94.2 Å². The molecule has 2 atom stereocenters. The summed E-state index contributed by atoms with van der Waals surface area (Å²) in [6.45, 7) is 5.88. The molecule has 4 nitrogen and oxygen atoms in total. The van der Waals surface area contributed by atoms with Gasteiger partial charge in [-0.3, -0.25) is 4.79 Å². The van der Waals surface area contributed by atoms with Gasteiger partial charge in [-0.15, -0.1) is 0 Å². The smallest absolute Gasteiger partial charge is 0.227 e. The third kappa shape index (κ3) is 4.22. The van der Waals surface area contributed by atoms with Gasteiger partial charge >= 0.3 is 0 Å². The van der Waals surface area contributed by atoms with Gasteiger partial charge < -0.3 is 9.47 Å². The van der Waals surface area contributed by atoms with E-state index in [1.807, 2.05) is 35.2 Å². The number of fused-ring (bicyclic) bond motifs is 1. The maximum atomic E-state index is 13.0. The van der Waals surface area contributed by atoms with Crippen molar-refractivity contribution in [1.29, 1.82) is 0 Å². The average molecular weight is 502 g/mol. The van der Waals surface area contributed by atoms with E-state index >= 15 is 0 Å². The van der Waals surface area contributed by atoms with Crippen LogP contribution < -0.4 is 4.90 Å². The second-order valence-corrected chi connectivity index (χ2v) is 9.81. The minimum Gasteiger partial charge on any atom is -0.323 e. The van der Waals surface area contributed by atoms with Gasteiger partial charge in [-0.1, -0.05) is 62.4 Å². The molecule has 0 N–H and O–H groups in total. The molecule has 1 saturated heterocycles. The Morgan fingerprint density at radius 1 is 1.03 bits per heavy atom. The quantitative estimate of drug-likeness (QED) is 0.288. The first-order valence-electron chi connectivity index (χ1n) is 11.6. The highest BCUT2D eigenvalue weighted by atomic mass is 79.9. The van der Waals surface area contributed by atoms with Crippen molar-refractivity contribution in [2.45, 2.75) is 45.1 Å². The average Bonchev–Trinajstić information content (AvgIpc) is 3.40. The second-order valence-electron chi connectivity index (χ2n) is 8.95. The molecular formula is C28H28BrN3O. The van der Waals surface area contributed by atoms with Gasteiger partial charge in [-0.2, -0.15) is 0 Å². The van der Waals surface area contributed by atoms with Crippen LogP contribution in [0.4, 0.5) is 5.69 Å². The Labute approximate surface area is 203 Å². The highest BCUT2D eigenvalue weighted by molar-refractivity contribution is 9.10. The van der Waals surface area contributed by atoms with Crippen LogP contribution in [0.5, 0.6) is 0 Å². The predicted molar refractivity (Wildman–Crippen MR) is 138 cm³/mol. The maximum Gasteiger partial charge on any atom is 0.227 e. The number of para-hydroxylation sites is 3. The number of carbonyl (C=O) groups is 1. The van der Waals surface area contributed by atoms with Gasteiger partial charge in [0, 0.05) is 29.9 Å². The van der Waals surface area contributed by atoms with E-state index in [1.165, 1.54) is 11.1 Å². The normalized spacial score (nSPS) is 17.1. The molecule has 0 spiro atoms. The Hall–Kier alpha value is -2.92. The Morgan fingerprint density at radius 3 is 2.52 bits per heavy atom. The van der Waals surface area contributed by atoms with E-state index in [2.05, 4.69) is 76.8 Å². The standard InChI is InChI=1S/C28H28BrN3O/c1-3-19(2)21-14-12-20(13-15-21)17-32-26-11-7-5-9-24(26)30-28(32)22-16-27(33)31(18-22)25-10-6-4-8-23(25)29/h4-15,19,22H,3,16-18H2,1-2H3. The molecule has 0 radical (unpaired) electrons. The maximum absolute atomic E-state index is 13.0. The first-order chi connectivity index (χ1) is 16.0. The first kappa shape index (κ1) is 21.9. The minimum atomic E-state index is 0.0522. The number of halogens is 1. The van der Waals surface area contributed by atoms with Gasteiger partial charge in [0.25, 0.3) is 0 Å². The van der Waals surface area contributed by atoms with Crippen molar-refractivity contribution < 1.29 is 4.79 Å². The van der Waals surface area contributed by atoms with Gasteiger partial charge in [-0.05, 0) is 63.7 Å². The Kier molecular flexibility index (Phi) is 6.07. The lowest BCUT2D eigenvalue weighted by molar-refractivity contribution is -0.117. The summed E-state index contributed by atoms with van der Waals surface area (Å²) in [5, 5.41) is 0. The molecule has 1 aromatic heterocycles. The van der Waals surface area contributed by atoms with Crippen molar-refractivity contribution in [3.63, 3.8) is 0 Å². The summed E-state index contributed by atoms with van der Waals surface area (Å²) in [4.78, 5) is 19.9. The van der Waals surface area contributed by atoms with Crippen LogP contribution in [0, 0.1) is 0 Å². The molecule has 1 fully saturated rings. The molecule has 5 rings (SSSR count). The number of hydrogen-bond acceptors (Lipinski definition) is 2. The Morgan fingerprint density at radius 2 is 1.76 bits per heavy atom. The summed E-state index contributed by atoms with van der Waals surface area (Å²) in [7, 11) is 0. The number of amides is 1. The third-order valence-corrected chi connectivity index (χ3v) is 7.49. The van der Waals surface area contributed by atoms with Crippen LogP contribution in [-0.2, 0) is 11.3 Å². The minimum absolute atomic E-state index is 0.0522. The molecule has 5 heteroatoms. The van der Waals surface area contributed by atoms with Crippen LogP contribution in [0.2, 0.25) is 0 Å². The lowest BCUT2D eigenvalue weighted by Crippen LogP contribution is -2.25. The molecule has 0 saturated carbocycles. The second kappa shape index (κ2) is 9.14. The molecule has 3 aromatic carbocycles. The Bertz CT molecular complexity index is 1290. The van der Waals surface area contributed by atoms with Gasteiger partial charge in [0.15, 0.2) is 0 Å². The summed E-state index contributed by atoms with van der Waals surface area (Å²) < 4.78 is 3.24. The lowest BCUT2D eigenvalue weighted by atomic mass is 9.97. The Balaban J connectivity index is 1.49. The van der Waals surface area contributed by atoms with Crippen molar-refractivity contribution in [3.8, 4) is 0 Å². The van der Waals surface area contributed by atoms with Gasteiger partial charge in [0.05, 0.1) is 16.7 Å². The summed E-state index contributed by atoms with van der Waals surface area (Å²) in [6, 6.07) is 25.1. The molecule has 168 valence electrons. The highest BCUT2D eigenvalue weighted by Crippen LogP contribution is 2.36. The molecule has 0 aliphatic carbocycles. The van der Waals surface area contributed by atoms with Gasteiger partial charge in [-0.25, -0.2) is 4.98 Å².